The second kappa shape index (κ2) is 10.2. The Morgan fingerprint density at radius 1 is 1.14 bits per heavy atom. The standard InChI is InChI=1S/C22H36N4O2/c1-17(2)4-5-18(3)24-21-7-6-19(16-23-21)22(27)26-10-8-20(9-11-26)25-12-14-28-15-13-25/h6-7,16-18,20H,4-5,8-15H2,1-3H3,(H,23,24)/t18-/m1/s1. The van der Waals surface area contributed by atoms with Crippen molar-refractivity contribution < 1.29 is 9.53 Å². The number of hydrogen-bond acceptors (Lipinski definition) is 5. The molecular weight excluding hydrogens is 352 g/mol. The van der Waals surface area contributed by atoms with Crippen molar-refractivity contribution in [2.75, 3.05) is 44.7 Å². The molecule has 1 N–H and O–H groups in total. The third-order valence-electron chi connectivity index (χ3n) is 5.90. The smallest absolute Gasteiger partial charge is 0.255 e. The van der Waals surface area contributed by atoms with E-state index in [1.807, 2.05) is 17.0 Å². The van der Waals surface area contributed by atoms with Gasteiger partial charge in [0.25, 0.3) is 5.91 Å². The van der Waals surface area contributed by atoms with Crippen molar-refractivity contribution in [1.29, 1.82) is 0 Å². The largest absolute Gasteiger partial charge is 0.379 e. The molecule has 0 aliphatic carbocycles. The maximum Gasteiger partial charge on any atom is 0.255 e. The summed E-state index contributed by atoms with van der Waals surface area (Å²) in [4.78, 5) is 21.8. The molecule has 1 amide bonds. The summed E-state index contributed by atoms with van der Waals surface area (Å²) >= 11 is 0. The van der Waals surface area contributed by atoms with Crippen LogP contribution < -0.4 is 5.32 Å². The van der Waals surface area contributed by atoms with E-state index in [4.69, 9.17) is 4.74 Å². The third kappa shape index (κ3) is 5.92. The number of hydrogen-bond donors (Lipinski definition) is 1. The van der Waals surface area contributed by atoms with Gasteiger partial charge < -0.3 is 15.0 Å². The number of piperidine rings is 1. The van der Waals surface area contributed by atoms with Crippen LogP contribution in [0.15, 0.2) is 18.3 Å². The second-order valence-corrected chi connectivity index (χ2v) is 8.62. The van der Waals surface area contributed by atoms with E-state index in [0.717, 1.165) is 64.5 Å². The van der Waals surface area contributed by atoms with E-state index in [-0.39, 0.29) is 5.91 Å². The fourth-order valence-corrected chi connectivity index (χ4v) is 4.07. The van der Waals surface area contributed by atoms with Gasteiger partial charge in [-0.1, -0.05) is 13.8 Å². The number of carbonyl (C=O) groups is 1. The first kappa shape index (κ1) is 21.1. The highest BCUT2D eigenvalue weighted by molar-refractivity contribution is 5.94. The molecule has 1 atom stereocenters. The predicted octanol–water partition coefficient (Wildman–Crippen LogP) is 3.26. The fraction of sp³-hybridized carbons (Fsp3) is 0.727. The number of rotatable bonds is 7. The second-order valence-electron chi connectivity index (χ2n) is 8.62. The molecular formula is C22H36N4O2. The molecule has 6 nitrogen and oxygen atoms in total. The van der Waals surface area contributed by atoms with E-state index >= 15 is 0 Å². The summed E-state index contributed by atoms with van der Waals surface area (Å²) in [5, 5.41) is 3.43. The Morgan fingerprint density at radius 2 is 1.86 bits per heavy atom. The number of nitrogens with one attached hydrogen (secondary N) is 1. The molecule has 1 aromatic rings. The third-order valence-corrected chi connectivity index (χ3v) is 5.90. The topological polar surface area (TPSA) is 57.7 Å². The lowest BCUT2D eigenvalue weighted by Crippen LogP contribution is -2.50. The molecule has 156 valence electrons. The number of likely N-dealkylation sites (tertiary alicyclic amines) is 1. The van der Waals surface area contributed by atoms with Gasteiger partial charge in [-0.2, -0.15) is 0 Å². The lowest BCUT2D eigenvalue weighted by molar-refractivity contribution is 0.00158. The molecule has 3 heterocycles. The molecule has 0 aromatic carbocycles. The van der Waals surface area contributed by atoms with E-state index < -0.39 is 0 Å². The fourth-order valence-electron chi connectivity index (χ4n) is 4.07. The number of anilines is 1. The van der Waals surface area contributed by atoms with Gasteiger partial charge in [0.2, 0.25) is 0 Å². The summed E-state index contributed by atoms with van der Waals surface area (Å²) in [6.45, 7) is 12.0. The van der Waals surface area contributed by atoms with Gasteiger partial charge in [-0.05, 0) is 50.7 Å². The molecule has 2 aliphatic rings. The summed E-state index contributed by atoms with van der Waals surface area (Å²) in [7, 11) is 0. The first-order chi connectivity index (χ1) is 13.5. The van der Waals surface area contributed by atoms with Crippen LogP contribution in [0.1, 0.15) is 56.8 Å². The Morgan fingerprint density at radius 3 is 2.46 bits per heavy atom. The van der Waals surface area contributed by atoms with Crippen LogP contribution in [-0.2, 0) is 4.74 Å². The minimum atomic E-state index is 0.104. The highest BCUT2D eigenvalue weighted by atomic mass is 16.5. The molecule has 6 heteroatoms. The molecule has 0 bridgehead atoms. The van der Waals surface area contributed by atoms with Gasteiger partial charge >= 0.3 is 0 Å². The molecule has 1 aromatic heterocycles. The van der Waals surface area contributed by atoms with Crippen LogP contribution in [0.4, 0.5) is 5.82 Å². The average molecular weight is 389 g/mol. The van der Waals surface area contributed by atoms with E-state index in [0.29, 0.717) is 23.6 Å². The molecule has 28 heavy (non-hydrogen) atoms. The number of pyridine rings is 1. The van der Waals surface area contributed by atoms with Crippen LogP contribution in [0.25, 0.3) is 0 Å². The number of carbonyl (C=O) groups excluding carboxylic acids is 1. The van der Waals surface area contributed by atoms with Gasteiger partial charge in [-0.15, -0.1) is 0 Å². The first-order valence-electron chi connectivity index (χ1n) is 10.9. The zero-order valence-electron chi connectivity index (χ0n) is 17.7. The number of nitrogens with zero attached hydrogens (tertiary/aromatic N) is 3. The van der Waals surface area contributed by atoms with Crippen molar-refractivity contribution in [3.8, 4) is 0 Å². The van der Waals surface area contributed by atoms with Crippen LogP contribution in [0.2, 0.25) is 0 Å². The number of amides is 1. The van der Waals surface area contributed by atoms with Gasteiger partial charge in [0, 0.05) is 44.5 Å². The normalized spacial score (nSPS) is 20.4. The number of morpholine rings is 1. The van der Waals surface area contributed by atoms with E-state index in [1.165, 1.54) is 6.42 Å². The molecule has 3 rings (SSSR count). The molecule has 2 saturated heterocycles. The molecule has 0 saturated carbocycles. The molecule has 0 radical (unpaired) electrons. The minimum absolute atomic E-state index is 0.104. The quantitative estimate of drug-likeness (QED) is 0.777. The van der Waals surface area contributed by atoms with Crippen LogP contribution in [0.3, 0.4) is 0 Å². The maximum absolute atomic E-state index is 12.8. The first-order valence-corrected chi connectivity index (χ1v) is 10.9. The summed E-state index contributed by atoms with van der Waals surface area (Å²) in [6, 6.07) is 4.81. The minimum Gasteiger partial charge on any atom is -0.379 e. The van der Waals surface area contributed by atoms with Crippen molar-refractivity contribution in [2.24, 2.45) is 5.92 Å². The molecule has 2 aliphatic heterocycles. The Balaban J connectivity index is 1.47. The van der Waals surface area contributed by atoms with Crippen LogP contribution >= 0.6 is 0 Å². The average Bonchev–Trinajstić information content (AvgIpc) is 2.73. The van der Waals surface area contributed by atoms with E-state index in [9.17, 15) is 4.79 Å². The van der Waals surface area contributed by atoms with Crippen molar-refractivity contribution in [1.82, 2.24) is 14.8 Å². The van der Waals surface area contributed by atoms with Gasteiger partial charge in [-0.25, -0.2) is 4.98 Å². The van der Waals surface area contributed by atoms with Gasteiger partial charge in [-0.3, -0.25) is 9.69 Å². The SMILES string of the molecule is CC(C)CC[C@@H](C)Nc1ccc(C(=O)N2CCC(N3CCOCC3)CC2)cn1. The highest BCUT2D eigenvalue weighted by Crippen LogP contribution is 2.20. The number of ether oxygens (including phenoxy) is 1. The highest BCUT2D eigenvalue weighted by Gasteiger charge is 2.28. The summed E-state index contributed by atoms with van der Waals surface area (Å²) in [5.74, 6) is 1.66. The predicted molar refractivity (Wildman–Crippen MR) is 113 cm³/mol. The van der Waals surface area contributed by atoms with Crippen molar-refractivity contribution in [3.05, 3.63) is 23.9 Å². The lowest BCUT2D eigenvalue weighted by Gasteiger charge is -2.40. The summed E-state index contributed by atoms with van der Waals surface area (Å²) in [5.41, 5.74) is 0.685. The maximum atomic E-state index is 12.8. The molecule has 0 spiro atoms. The Hall–Kier alpha value is -1.66. The Kier molecular flexibility index (Phi) is 7.68. The van der Waals surface area contributed by atoms with Crippen LogP contribution in [0, 0.1) is 5.92 Å². The van der Waals surface area contributed by atoms with E-state index in [1.54, 1.807) is 6.20 Å². The molecule has 0 unspecified atom stereocenters. The Labute approximate surface area is 169 Å². The van der Waals surface area contributed by atoms with Crippen molar-refractivity contribution in [3.63, 3.8) is 0 Å². The monoisotopic (exact) mass is 388 g/mol. The zero-order chi connectivity index (χ0) is 19.9. The zero-order valence-corrected chi connectivity index (χ0v) is 17.7. The Bertz CT molecular complexity index is 605. The van der Waals surface area contributed by atoms with Crippen LogP contribution in [0.5, 0.6) is 0 Å². The van der Waals surface area contributed by atoms with Crippen molar-refractivity contribution in [2.45, 2.75) is 58.5 Å². The van der Waals surface area contributed by atoms with Crippen LogP contribution in [-0.4, -0.2) is 72.2 Å². The number of aromatic nitrogens is 1. The van der Waals surface area contributed by atoms with Crippen molar-refractivity contribution >= 4 is 11.7 Å². The summed E-state index contributed by atoms with van der Waals surface area (Å²) in [6.07, 6.45) is 6.13. The van der Waals surface area contributed by atoms with Gasteiger partial charge in [0.15, 0.2) is 0 Å². The lowest BCUT2D eigenvalue weighted by atomic mass is 10.0. The molecule has 2 fully saturated rings. The van der Waals surface area contributed by atoms with Gasteiger partial charge in [0.1, 0.15) is 5.82 Å². The van der Waals surface area contributed by atoms with E-state index in [2.05, 4.69) is 36.0 Å². The summed E-state index contributed by atoms with van der Waals surface area (Å²) < 4.78 is 5.45. The van der Waals surface area contributed by atoms with Gasteiger partial charge in [0.05, 0.1) is 18.8 Å².